The fourth-order valence-corrected chi connectivity index (χ4v) is 5.81. The first-order valence-corrected chi connectivity index (χ1v) is 10.8. The first-order chi connectivity index (χ1) is 13.2. The molecule has 2 saturated carbocycles. The third kappa shape index (κ3) is 3.91. The standard InChI is InChI=1S/C25H36O3/c1-17(8-6-10-20-16-22(26)28-23(20)27)12-14-24(4)19(3)13-15-25(5)18(2)9-7-11-21(24)25/h6,8,10,16,19,21,23,27H,2,7,9,11-15H2,1,3-5H3/b10-6+,17-8+/t19-,21-,23-,24+,25+/m1/s1. The lowest BCUT2D eigenvalue weighted by Crippen LogP contribution is -2.50. The van der Waals surface area contributed by atoms with Gasteiger partial charge in [-0.1, -0.05) is 56.7 Å². The van der Waals surface area contributed by atoms with Crippen molar-refractivity contribution < 1.29 is 14.6 Å². The van der Waals surface area contributed by atoms with Crippen LogP contribution in [0.4, 0.5) is 0 Å². The van der Waals surface area contributed by atoms with Gasteiger partial charge in [-0.3, -0.25) is 0 Å². The second-order valence-corrected chi connectivity index (χ2v) is 9.72. The van der Waals surface area contributed by atoms with E-state index >= 15 is 0 Å². The van der Waals surface area contributed by atoms with Gasteiger partial charge >= 0.3 is 5.97 Å². The van der Waals surface area contributed by atoms with Crippen LogP contribution in [0.2, 0.25) is 0 Å². The first kappa shape index (κ1) is 21.1. The van der Waals surface area contributed by atoms with Gasteiger partial charge in [0.15, 0.2) is 0 Å². The molecule has 0 spiro atoms. The minimum absolute atomic E-state index is 0.314. The molecule has 28 heavy (non-hydrogen) atoms. The molecule has 0 saturated heterocycles. The minimum Gasteiger partial charge on any atom is -0.428 e. The zero-order valence-corrected chi connectivity index (χ0v) is 18.0. The fourth-order valence-electron chi connectivity index (χ4n) is 5.81. The van der Waals surface area contributed by atoms with Gasteiger partial charge in [0.1, 0.15) is 0 Å². The van der Waals surface area contributed by atoms with Crippen LogP contribution >= 0.6 is 0 Å². The van der Waals surface area contributed by atoms with Gasteiger partial charge in [0.2, 0.25) is 6.29 Å². The Morgan fingerprint density at radius 2 is 2.14 bits per heavy atom. The van der Waals surface area contributed by atoms with Crippen LogP contribution in [-0.4, -0.2) is 17.4 Å². The summed E-state index contributed by atoms with van der Waals surface area (Å²) >= 11 is 0. The molecule has 0 amide bonds. The number of allylic oxidation sites excluding steroid dienone is 4. The second kappa shape index (κ2) is 8.02. The van der Waals surface area contributed by atoms with Gasteiger partial charge < -0.3 is 9.84 Å². The summed E-state index contributed by atoms with van der Waals surface area (Å²) in [5.74, 6) is 0.987. The number of ether oxygens (including phenoxy) is 1. The number of hydrogen-bond donors (Lipinski definition) is 1. The average molecular weight is 385 g/mol. The molecule has 3 rings (SSSR count). The number of carbonyl (C=O) groups is 1. The number of aliphatic hydroxyl groups is 1. The predicted octanol–water partition coefficient (Wildman–Crippen LogP) is 5.87. The van der Waals surface area contributed by atoms with Gasteiger partial charge in [-0.15, -0.1) is 0 Å². The maximum atomic E-state index is 11.2. The highest BCUT2D eigenvalue weighted by Crippen LogP contribution is 2.62. The summed E-state index contributed by atoms with van der Waals surface area (Å²) in [6, 6.07) is 0. The number of esters is 1. The number of carbonyl (C=O) groups excluding carboxylic acids is 1. The Bertz CT molecular complexity index is 728. The van der Waals surface area contributed by atoms with Crippen molar-refractivity contribution in [2.45, 2.75) is 78.9 Å². The largest absolute Gasteiger partial charge is 0.428 e. The Kier molecular flexibility index (Phi) is 6.05. The van der Waals surface area contributed by atoms with Crippen molar-refractivity contribution in [3.8, 4) is 0 Å². The van der Waals surface area contributed by atoms with Crippen molar-refractivity contribution in [1.82, 2.24) is 0 Å². The summed E-state index contributed by atoms with van der Waals surface area (Å²) in [6.07, 6.45) is 14.7. The van der Waals surface area contributed by atoms with Crippen LogP contribution in [0.25, 0.3) is 0 Å². The van der Waals surface area contributed by atoms with Crippen LogP contribution in [0.5, 0.6) is 0 Å². The Morgan fingerprint density at radius 3 is 2.82 bits per heavy atom. The molecule has 0 aromatic heterocycles. The van der Waals surface area contributed by atoms with E-state index in [0.717, 1.165) is 18.3 Å². The lowest BCUT2D eigenvalue weighted by atomic mass is 9.46. The van der Waals surface area contributed by atoms with E-state index in [2.05, 4.69) is 40.3 Å². The van der Waals surface area contributed by atoms with Crippen LogP contribution in [-0.2, 0) is 9.53 Å². The van der Waals surface area contributed by atoms with Crippen LogP contribution in [0, 0.1) is 22.7 Å². The SMILES string of the molecule is C=C1CCC[C@@H]2[C@@](C)(CC/C(C)=C/C=C/C3=CC(=O)O[C@H]3O)[C@H](C)CC[C@@]12C. The topological polar surface area (TPSA) is 46.5 Å². The lowest BCUT2D eigenvalue weighted by Gasteiger charge is -2.59. The second-order valence-electron chi connectivity index (χ2n) is 9.72. The molecule has 1 N–H and O–H groups in total. The molecule has 0 radical (unpaired) electrons. The lowest BCUT2D eigenvalue weighted by molar-refractivity contribution is -0.150. The van der Waals surface area contributed by atoms with E-state index in [1.54, 1.807) is 6.08 Å². The number of rotatable bonds is 5. The molecule has 2 aliphatic carbocycles. The first-order valence-electron chi connectivity index (χ1n) is 10.8. The summed E-state index contributed by atoms with van der Waals surface area (Å²) in [4.78, 5) is 11.2. The summed E-state index contributed by atoms with van der Waals surface area (Å²) < 4.78 is 4.70. The van der Waals surface area contributed by atoms with Crippen molar-refractivity contribution >= 4 is 5.97 Å². The molecule has 154 valence electrons. The molecule has 0 unspecified atom stereocenters. The third-order valence-electron chi connectivity index (χ3n) is 8.09. The van der Waals surface area contributed by atoms with E-state index < -0.39 is 12.3 Å². The highest BCUT2D eigenvalue weighted by Gasteiger charge is 2.53. The molecule has 3 nitrogen and oxygen atoms in total. The van der Waals surface area contributed by atoms with Gasteiger partial charge in [-0.05, 0) is 74.5 Å². The normalized spacial score (nSPS) is 39.1. The summed E-state index contributed by atoms with van der Waals surface area (Å²) in [5, 5.41) is 9.63. The molecule has 3 aliphatic rings. The third-order valence-corrected chi connectivity index (χ3v) is 8.09. The smallest absolute Gasteiger partial charge is 0.333 e. The van der Waals surface area contributed by atoms with E-state index in [9.17, 15) is 9.90 Å². The molecule has 3 heteroatoms. The number of cyclic esters (lactones) is 1. The van der Waals surface area contributed by atoms with Crippen LogP contribution in [0.1, 0.15) is 72.6 Å². The van der Waals surface area contributed by atoms with Crippen LogP contribution in [0.3, 0.4) is 0 Å². The van der Waals surface area contributed by atoms with Gasteiger partial charge in [0.05, 0.1) is 0 Å². The van der Waals surface area contributed by atoms with Gasteiger partial charge in [0.25, 0.3) is 0 Å². The zero-order valence-electron chi connectivity index (χ0n) is 18.0. The molecule has 0 aromatic carbocycles. The number of fused-ring (bicyclic) bond motifs is 1. The van der Waals surface area contributed by atoms with E-state index in [1.165, 1.54) is 55.7 Å². The van der Waals surface area contributed by atoms with E-state index in [0.29, 0.717) is 16.4 Å². The fraction of sp³-hybridized carbons (Fsp3) is 0.640. The molecule has 0 aromatic rings. The van der Waals surface area contributed by atoms with E-state index in [1.807, 2.05) is 6.08 Å². The highest BCUT2D eigenvalue weighted by atomic mass is 16.6. The molecule has 2 fully saturated rings. The van der Waals surface area contributed by atoms with E-state index in [4.69, 9.17) is 4.74 Å². The monoisotopic (exact) mass is 384 g/mol. The predicted molar refractivity (Wildman–Crippen MR) is 113 cm³/mol. The van der Waals surface area contributed by atoms with Crippen molar-refractivity contribution in [2.24, 2.45) is 22.7 Å². The maximum absolute atomic E-state index is 11.2. The molecule has 1 heterocycles. The molecule has 1 aliphatic heterocycles. The Morgan fingerprint density at radius 1 is 1.39 bits per heavy atom. The van der Waals surface area contributed by atoms with Gasteiger partial charge in [0, 0.05) is 11.6 Å². The van der Waals surface area contributed by atoms with Crippen molar-refractivity contribution in [1.29, 1.82) is 0 Å². The molecular formula is C25H36O3. The minimum atomic E-state index is -1.13. The Hall–Kier alpha value is -1.61. The quantitative estimate of drug-likeness (QED) is 0.366. The Balaban J connectivity index is 1.67. The van der Waals surface area contributed by atoms with Gasteiger partial charge in [-0.25, -0.2) is 4.79 Å². The molecular weight excluding hydrogens is 348 g/mol. The number of hydrogen-bond acceptors (Lipinski definition) is 3. The molecule has 5 atom stereocenters. The van der Waals surface area contributed by atoms with Gasteiger partial charge in [-0.2, -0.15) is 0 Å². The van der Waals surface area contributed by atoms with Crippen LogP contribution < -0.4 is 0 Å². The average Bonchev–Trinajstić information content (AvgIpc) is 2.96. The maximum Gasteiger partial charge on any atom is 0.333 e. The highest BCUT2D eigenvalue weighted by molar-refractivity contribution is 5.86. The van der Waals surface area contributed by atoms with Crippen molar-refractivity contribution in [3.05, 3.63) is 47.6 Å². The summed E-state index contributed by atoms with van der Waals surface area (Å²) in [5.41, 5.74) is 3.98. The zero-order chi connectivity index (χ0) is 20.5. The van der Waals surface area contributed by atoms with Crippen molar-refractivity contribution in [3.63, 3.8) is 0 Å². The van der Waals surface area contributed by atoms with Crippen LogP contribution in [0.15, 0.2) is 47.6 Å². The molecule has 0 bridgehead atoms. The van der Waals surface area contributed by atoms with E-state index in [-0.39, 0.29) is 0 Å². The van der Waals surface area contributed by atoms with Crippen molar-refractivity contribution in [2.75, 3.05) is 0 Å². The number of aliphatic hydroxyl groups excluding tert-OH is 1. The Labute approximate surface area is 170 Å². The summed E-state index contributed by atoms with van der Waals surface area (Å²) in [6.45, 7) is 14.1. The summed E-state index contributed by atoms with van der Waals surface area (Å²) in [7, 11) is 0.